The summed E-state index contributed by atoms with van der Waals surface area (Å²) in [6, 6.07) is 15.5. The van der Waals surface area contributed by atoms with Gasteiger partial charge in [-0.2, -0.15) is 0 Å². The number of carbonyl (C=O) groups excluding carboxylic acids is 2. The second-order valence-electron chi connectivity index (χ2n) is 4.48. The molecule has 2 rings (SSSR count). The molecule has 22 heavy (non-hydrogen) atoms. The van der Waals surface area contributed by atoms with E-state index in [0.717, 1.165) is 0 Å². The van der Waals surface area contributed by atoms with Gasteiger partial charge in [0.25, 0.3) is 5.91 Å². The van der Waals surface area contributed by atoms with Gasteiger partial charge in [0.15, 0.2) is 0 Å². The Kier molecular flexibility index (Phi) is 5.80. The van der Waals surface area contributed by atoms with Crippen molar-refractivity contribution in [3.05, 3.63) is 65.2 Å². The van der Waals surface area contributed by atoms with Gasteiger partial charge in [-0.25, -0.2) is 4.79 Å². The Morgan fingerprint density at radius 1 is 0.864 bits per heavy atom. The largest absolute Gasteiger partial charge is 0.350 e. The number of nitrogens with one attached hydrogen (secondary N) is 3. The zero-order chi connectivity index (χ0) is 15.8. The summed E-state index contributed by atoms with van der Waals surface area (Å²) in [6.45, 7) is 0.651. The van der Waals surface area contributed by atoms with Crippen molar-refractivity contribution in [2.75, 3.05) is 18.4 Å². The topological polar surface area (TPSA) is 70.2 Å². The van der Waals surface area contributed by atoms with E-state index in [0.29, 0.717) is 29.4 Å². The van der Waals surface area contributed by atoms with Crippen molar-refractivity contribution in [2.45, 2.75) is 0 Å². The monoisotopic (exact) mass is 317 g/mol. The third-order valence-electron chi connectivity index (χ3n) is 2.85. The molecule has 0 spiro atoms. The lowest BCUT2D eigenvalue weighted by atomic mass is 10.2. The average Bonchev–Trinajstić information content (AvgIpc) is 2.54. The lowest BCUT2D eigenvalue weighted by Gasteiger charge is -2.09. The van der Waals surface area contributed by atoms with Crippen LogP contribution in [0.4, 0.5) is 10.5 Å². The number of para-hydroxylation sites is 1. The van der Waals surface area contributed by atoms with Crippen molar-refractivity contribution in [1.82, 2.24) is 10.6 Å². The minimum Gasteiger partial charge on any atom is -0.350 e. The number of carbonyl (C=O) groups is 2. The van der Waals surface area contributed by atoms with E-state index in [-0.39, 0.29) is 11.9 Å². The summed E-state index contributed by atoms with van der Waals surface area (Å²) in [4.78, 5) is 23.5. The average molecular weight is 318 g/mol. The first-order valence-corrected chi connectivity index (χ1v) is 7.17. The smallest absolute Gasteiger partial charge is 0.319 e. The second-order valence-corrected chi connectivity index (χ2v) is 4.89. The number of hydrogen-bond donors (Lipinski definition) is 3. The first kappa shape index (κ1) is 15.9. The van der Waals surface area contributed by atoms with Crippen molar-refractivity contribution < 1.29 is 9.59 Å². The summed E-state index contributed by atoms with van der Waals surface area (Å²) in [6.07, 6.45) is 0. The molecule has 5 nitrogen and oxygen atoms in total. The molecule has 0 saturated carbocycles. The van der Waals surface area contributed by atoms with Gasteiger partial charge in [-0.15, -0.1) is 0 Å². The van der Waals surface area contributed by atoms with E-state index >= 15 is 0 Å². The highest BCUT2D eigenvalue weighted by Gasteiger charge is 2.05. The molecule has 2 aromatic carbocycles. The van der Waals surface area contributed by atoms with E-state index in [1.165, 1.54) is 0 Å². The molecule has 0 unspecified atom stereocenters. The van der Waals surface area contributed by atoms with Gasteiger partial charge in [0, 0.05) is 18.7 Å². The van der Waals surface area contributed by atoms with Crippen LogP contribution in [-0.2, 0) is 0 Å². The summed E-state index contributed by atoms with van der Waals surface area (Å²) in [5.41, 5.74) is 1.12. The molecular formula is C16H16ClN3O2. The SMILES string of the molecule is O=C(NCCNC(=O)c1ccccc1)Nc1ccccc1Cl. The Hall–Kier alpha value is -2.53. The first-order chi connectivity index (χ1) is 10.7. The highest BCUT2D eigenvalue weighted by atomic mass is 35.5. The highest BCUT2D eigenvalue weighted by molar-refractivity contribution is 6.33. The molecule has 0 fully saturated rings. The van der Waals surface area contributed by atoms with Crippen LogP contribution in [0.2, 0.25) is 5.02 Å². The summed E-state index contributed by atoms with van der Waals surface area (Å²) < 4.78 is 0. The van der Waals surface area contributed by atoms with E-state index in [2.05, 4.69) is 16.0 Å². The van der Waals surface area contributed by atoms with E-state index in [4.69, 9.17) is 11.6 Å². The Morgan fingerprint density at radius 3 is 2.23 bits per heavy atom. The fourth-order valence-corrected chi connectivity index (χ4v) is 1.96. The quantitative estimate of drug-likeness (QED) is 0.742. The van der Waals surface area contributed by atoms with Crippen LogP contribution < -0.4 is 16.0 Å². The van der Waals surface area contributed by atoms with Crippen LogP contribution in [0.15, 0.2) is 54.6 Å². The molecule has 6 heteroatoms. The van der Waals surface area contributed by atoms with Crippen molar-refractivity contribution in [3.8, 4) is 0 Å². The van der Waals surface area contributed by atoms with Gasteiger partial charge in [0.05, 0.1) is 10.7 Å². The number of urea groups is 1. The van der Waals surface area contributed by atoms with E-state index in [1.807, 2.05) is 6.07 Å². The Bertz CT molecular complexity index is 647. The molecule has 0 aliphatic carbocycles. The maximum absolute atomic E-state index is 11.8. The fourth-order valence-electron chi connectivity index (χ4n) is 1.77. The van der Waals surface area contributed by atoms with Crippen LogP contribution in [-0.4, -0.2) is 25.0 Å². The minimum atomic E-state index is -0.373. The first-order valence-electron chi connectivity index (χ1n) is 6.79. The summed E-state index contributed by atoms with van der Waals surface area (Å²) in [7, 11) is 0. The molecule has 2 aromatic rings. The standard InChI is InChI=1S/C16H16ClN3O2/c17-13-8-4-5-9-14(13)20-16(22)19-11-10-18-15(21)12-6-2-1-3-7-12/h1-9H,10-11H2,(H,18,21)(H2,19,20,22). The highest BCUT2D eigenvalue weighted by Crippen LogP contribution is 2.19. The van der Waals surface area contributed by atoms with Crippen LogP contribution in [0.25, 0.3) is 0 Å². The van der Waals surface area contributed by atoms with Gasteiger partial charge < -0.3 is 16.0 Å². The van der Waals surface area contributed by atoms with Crippen LogP contribution in [0.5, 0.6) is 0 Å². The molecule has 0 saturated heterocycles. The maximum Gasteiger partial charge on any atom is 0.319 e. The Labute approximate surface area is 133 Å². The van der Waals surface area contributed by atoms with Crippen molar-refractivity contribution >= 4 is 29.2 Å². The molecule has 0 radical (unpaired) electrons. The van der Waals surface area contributed by atoms with Crippen LogP contribution in [0.3, 0.4) is 0 Å². The summed E-state index contributed by atoms with van der Waals surface area (Å²) in [5, 5.41) is 8.47. The zero-order valence-electron chi connectivity index (χ0n) is 11.8. The van der Waals surface area contributed by atoms with Gasteiger partial charge >= 0.3 is 6.03 Å². The van der Waals surface area contributed by atoms with Gasteiger partial charge in [-0.05, 0) is 24.3 Å². The molecular weight excluding hydrogens is 302 g/mol. The van der Waals surface area contributed by atoms with E-state index < -0.39 is 0 Å². The minimum absolute atomic E-state index is 0.172. The number of rotatable bonds is 5. The number of hydrogen-bond acceptors (Lipinski definition) is 2. The van der Waals surface area contributed by atoms with Gasteiger partial charge in [-0.3, -0.25) is 4.79 Å². The Balaban J connectivity index is 1.69. The van der Waals surface area contributed by atoms with Crippen LogP contribution >= 0.6 is 11.6 Å². The second kappa shape index (κ2) is 8.05. The molecule has 0 heterocycles. The van der Waals surface area contributed by atoms with Crippen LogP contribution in [0, 0.1) is 0 Å². The number of amides is 3. The van der Waals surface area contributed by atoms with Crippen molar-refractivity contribution in [1.29, 1.82) is 0 Å². The molecule has 0 aliphatic heterocycles. The van der Waals surface area contributed by atoms with Crippen molar-refractivity contribution in [2.24, 2.45) is 0 Å². The maximum atomic E-state index is 11.8. The lowest BCUT2D eigenvalue weighted by molar-refractivity contribution is 0.0954. The predicted molar refractivity (Wildman–Crippen MR) is 87.2 cm³/mol. The molecule has 0 atom stereocenters. The number of halogens is 1. The zero-order valence-corrected chi connectivity index (χ0v) is 12.6. The number of anilines is 1. The molecule has 114 valence electrons. The summed E-state index contributed by atoms with van der Waals surface area (Å²) in [5.74, 6) is -0.172. The molecule has 0 bridgehead atoms. The van der Waals surface area contributed by atoms with Gasteiger partial charge in [0.2, 0.25) is 0 Å². The predicted octanol–water partition coefficient (Wildman–Crippen LogP) is 2.89. The molecule has 3 N–H and O–H groups in total. The van der Waals surface area contributed by atoms with E-state index in [1.54, 1.807) is 48.5 Å². The lowest BCUT2D eigenvalue weighted by Crippen LogP contribution is -2.36. The normalized spacial score (nSPS) is 9.86. The fraction of sp³-hybridized carbons (Fsp3) is 0.125. The Morgan fingerprint density at radius 2 is 1.50 bits per heavy atom. The van der Waals surface area contributed by atoms with Gasteiger partial charge in [-0.1, -0.05) is 41.9 Å². The number of benzene rings is 2. The van der Waals surface area contributed by atoms with Gasteiger partial charge in [0.1, 0.15) is 0 Å². The molecule has 0 aliphatic rings. The van der Waals surface area contributed by atoms with Crippen molar-refractivity contribution in [3.63, 3.8) is 0 Å². The summed E-state index contributed by atoms with van der Waals surface area (Å²) >= 11 is 5.94. The molecule has 0 aromatic heterocycles. The third-order valence-corrected chi connectivity index (χ3v) is 3.18. The molecule has 3 amide bonds. The third kappa shape index (κ3) is 4.79. The van der Waals surface area contributed by atoms with Crippen LogP contribution in [0.1, 0.15) is 10.4 Å². The van der Waals surface area contributed by atoms with E-state index in [9.17, 15) is 9.59 Å².